The highest BCUT2D eigenvalue weighted by atomic mass is 16.1. The number of unbranched alkanes of at least 4 members (excludes halogenated alkanes) is 2. The molecule has 0 fully saturated rings. The van der Waals surface area contributed by atoms with Gasteiger partial charge in [-0.05, 0) is 13.3 Å². The zero-order valence-electron chi connectivity index (χ0n) is 6.89. The Hall–Kier alpha value is -0.530. The molecule has 0 heterocycles. The Morgan fingerprint density at radius 2 is 2.20 bits per heavy atom. The number of carbonyl (C=O) groups is 1. The summed E-state index contributed by atoms with van der Waals surface area (Å²) in [6, 6.07) is 0.351. The van der Waals surface area contributed by atoms with Gasteiger partial charge >= 0.3 is 0 Å². The number of hydrogen-bond acceptors (Lipinski definition) is 1. The second-order valence-electron chi connectivity index (χ2n) is 2.68. The van der Waals surface area contributed by atoms with E-state index in [9.17, 15) is 4.79 Å². The molecule has 60 valence electrons. The van der Waals surface area contributed by atoms with Crippen molar-refractivity contribution in [2.24, 2.45) is 0 Å². The van der Waals surface area contributed by atoms with Crippen LogP contribution in [0.3, 0.4) is 0 Å². The predicted molar refractivity (Wildman–Crippen MR) is 42.8 cm³/mol. The van der Waals surface area contributed by atoms with Crippen molar-refractivity contribution in [3.8, 4) is 0 Å². The molecular weight excluding hydrogens is 126 g/mol. The topological polar surface area (TPSA) is 29.1 Å². The van der Waals surface area contributed by atoms with Crippen LogP contribution in [-0.2, 0) is 4.79 Å². The molecule has 1 atom stereocenters. The summed E-state index contributed by atoms with van der Waals surface area (Å²) in [4.78, 5) is 9.94. The van der Waals surface area contributed by atoms with E-state index in [2.05, 4.69) is 12.2 Å². The van der Waals surface area contributed by atoms with E-state index in [1.165, 1.54) is 19.3 Å². The summed E-state index contributed by atoms with van der Waals surface area (Å²) in [7, 11) is 0. The normalized spacial score (nSPS) is 12.6. The third-order valence-corrected chi connectivity index (χ3v) is 1.59. The van der Waals surface area contributed by atoms with Crippen LogP contribution in [-0.4, -0.2) is 12.5 Å². The maximum atomic E-state index is 9.94. The van der Waals surface area contributed by atoms with E-state index in [0.29, 0.717) is 6.04 Å². The Bertz CT molecular complexity index is 83.3. The van der Waals surface area contributed by atoms with Crippen molar-refractivity contribution in [1.29, 1.82) is 0 Å². The molecule has 0 aliphatic carbocycles. The molecule has 0 aromatic heterocycles. The molecule has 2 nitrogen and oxygen atoms in total. The highest BCUT2D eigenvalue weighted by Gasteiger charge is 1.96. The number of rotatable bonds is 6. The zero-order chi connectivity index (χ0) is 7.82. The highest BCUT2D eigenvalue weighted by molar-refractivity contribution is 5.46. The standard InChI is InChI=1S/C8H17NO/c1-3-4-5-6-8(2)9-7-10/h7-8H,3-6H2,1-2H3,(H,9,10). The fourth-order valence-corrected chi connectivity index (χ4v) is 0.900. The zero-order valence-corrected chi connectivity index (χ0v) is 6.89. The maximum absolute atomic E-state index is 9.94. The van der Waals surface area contributed by atoms with Crippen molar-refractivity contribution in [3.05, 3.63) is 0 Å². The molecule has 0 saturated carbocycles. The van der Waals surface area contributed by atoms with Crippen molar-refractivity contribution in [2.45, 2.75) is 45.6 Å². The van der Waals surface area contributed by atoms with Gasteiger partial charge in [0.25, 0.3) is 0 Å². The molecule has 1 unspecified atom stereocenters. The Balaban J connectivity index is 3.04. The van der Waals surface area contributed by atoms with Gasteiger partial charge in [0, 0.05) is 6.04 Å². The number of carbonyl (C=O) groups excluding carboxylic acids is 1. The number of nitrogens with one attached hydrogen (secondary N) is 1. The third kappa shape index (κ3) is 5.60. The second kappa shape index (κ2) is 6.59. The van der Waals surface area contributed by atoms with Gasteiger partial charge in [0.1, 0.15) is 0 Å². The van der Waals surface area contributed by atoms with E-state index in [4.69, 9.17) is 0 Å². The molecule has 2 heteroatoms. The molecule has 0 radical (unpaired) electrons. The van der Waals surface area contributed by atoms with Crippen molar-refractivity contribution in [2.75, 3.05) is 0 Å². The lowest BCUT2D eigenvalue weighted by Gasteiger charge is -2.07. The van der Waals surface area contributed by atoms with Gasteiger partial charge in [-0.25, -0.2) is 0 Å². The molecule has 0 spiro atoms. The van der Waals surface area contributed by atoms with E-state index in [1.807, 2.05) is 6.92 Å². The summed E-state index contributed by atoms with van der Waals surface area (Å²) in [5.41, 5.74) is 0. The molecule has 0 aromatic carbocycles. The van der Waals surface area contributed by atoms with Crippen LogP contribution < -0.4 is 5.32 Å². The molecule has 10 heavy (non-hydrogen) atoms. The average molecular weight is 143 g/mol. The van der Waals surface area contributed by atoms with Crippen LogP contribution in [0.1, 0.15) is 39.5 Å². The Morgan fingerprint density at radius 1 is 1.50 bits per heavy atom. The van der Waals surface area contributed by atoms with Crippen LogP contribution in [0.25, 0.3) is 0 Å². The van der Waals surface area contributed by atoms with Crippen LogP contribution in [0.15, 0.2) is 0 Å². The second-order valence-corrected chi connectivity index (χ2v) is 2.68. The van der Waals surface area contributed by atoms with Gasteiger partial charge in [0.15, 0.2) is 0 Å². The summed E-state index contributed by atoms with van der Waals surface area (Å²) in [5, 5.41) is 2.72. The number of hydrogen-bond donors (Lipinski definition) is 1. The largest absolute Gasteiger partial charge is 0.356 e. The molecular formula is C8H17NO. The van der Waals surface area contributed by atoms with Gasteiger partial charge in [-0.3, -0.25) is 4.79 Å². The molecule has 0 bridgehead atoms. The van der Waals surface area contributed by atoms with Crippen LogP contribution in [0.5, 0.6) is 0 Å². The van der Waals surface area contributed by atoms with E-state index in [-0.39, 0.29) is 0 Å². The van der Waals surface area contributed by atoms with Gasteiger partial charge in [-0.2, -0.15) is 0 Å². The first kappa shape index (κ1) is 9.47. The van der Waals surface area contributed by atoms with E-state index < -0.39 is 0 Å². The first-order valence-corrected chi connectivity index (χ1v) is 4.01. The average Bonchev–Trinajstić information content (AvgIpc) is 1.89. The maximum Gasteiger partial charge on any atom is 0.207 e. The highest BCUT2D eigenvalue weighted by Crippen LogP contribution is 2.01. The lowest BCUT2D eigenvalue weighted by atomic mass is 10.1. The first-order valence-electron chi connectivity index (χ1n) is 4.01. The van der Waals surface area contributed by atoms with Crippen LogP contribution >= 0.6 is 0 Å². The Morgan fingerprint density at radius 3 is 2.70 bits per heavy atom. The minimum absolute atomic E-state index is 0.351. The Kier molecular flexibility index (Phi) is 6.24. The van der Waals surface area contributed by atoms with Gasteiger partial charge < -0.3 is 5.32 Å². The molecule has 0 aliphatic rings. The lowest BCUT2D eigenvalue weighted by Crippen LogP contribution is -2.23. The predicted octanol–water partition coefficient (Wildman–Crippen LogP) is 1.70. The van der Waals surface area contributed by atoms with E-state index in [0.717, 1.165) is 12.8 Å². The lowest BCUT2D eigenvalue weighted by molar-refractivity contribution is -0.110. The molecule has 1 N–H and O–H groups in total. The minimum Gasteiger partial charge on any atom is -0.356 e. The van der Waals surface area contributed by atoms with Crippen LogP contribution in [0.2, 0.25) is 0 Å². The van der Waals surface area contributed by atoms with Crippen molar-refractivity contribution in [1.82, 2.24) is 5.32 Å². The van der Waals surface area contributed by atoms with Crippen molar-refractivity contribution >= 4 is 6.41 Å². The van der Waals surface area contributed by atoms with Gasteiger partial charge in [-0.1, -0.05) is 26.2 Å². The number of amides is 1. The van der Waals surface area contributed by atoms with Crippen LogP contribution in [0, 0.1) is 0 Å². The smallest absolute Gasteiger partial charge is 0.207 e. The van der Waals surface area contributed by atoms with Crippen molar-refractivity contribution < 1.29 is 4.79 Å². The Labute approximate surface area is 63.0 Å². The summed E-state index contributed by atoms with van der Waals surface area (Å²) in [6.07, 6.45) is 5.61. The quantitative estimate of drug-likeness (QED) is 0.445. The molecule has 0 aromatic rings. The van der Waals surface area contributed by atoms with Gasteiger partial charge in [0.05, 0.1) is 0 Å². The molecule has 1 amide bonds. The van der Waals surface area contributed by atoms with Crippen molar-refractivity contribution in [3.63, 3.8) is 0 Å². The molecule has 0 saturated heterocycles. The van der Waals surface area contributed by atoms with Crippen LogP contribution in [0.4, 0.5) is 0 Å². The summed E-state index contributed by atoms with van der Waals surface area (Å²) >= 11 is 0. The fourth-order valence-electron chi connectivity index (χ4n) is 0.900. The van der Waals surface area contributed by atoms with Gasteiger partial charge in [0.2, 0.25) is 6.41 Å². The minimum atomic E-state index is 0.351. The summed E-state index contributed by atoms with van der Waals surface area (Å²) in [6.45, 7) is 4.21. The van der Waals surface area contributed by atoms with Gasteiger partial charge in [-0.15, -0.1) is 0 Å². The van der Waals surface area contributed by atoms with E-state index >= 15 is 0 Å². The fraction of sp³-hybridized carbons (Fsp3) is 0.875. The molecule has 0 rings (SSSR count). The third-order valence-electron chi connectivity index (χ3n) is 1.59. The SMILES string of the molecule is CCCCCC(C)NC=O. The summed E-state index contributed by atoms with van der Waals surface area (Å²) in [5.74, 6) is 0. The molecule has 0 aliphatic heterocycles. The monoisotopic (exact) mass is 143 g/mol. The first-order chi connectivity index (χ1) is 4.81. The summed E-state index contributed by atoms with van der Waals surface area (Å²) < 4.78 is 0. The van der Waals surface area contributed by atoms with E-state index in [1.54, 1.807) is 0 Å².